The highest BCUT2D eigenvalue weighted by Crippen LogP contribution is 2.33. The van der Waals surface area contributed by atoms with E-state index in [-0.39, 0.29) is 6.04 Å². The van der Waals surface area contributed by atoms with Gasteiger partial charge in [-0.2, -0.15) is 0 Å². The fourth-order valence-corrected chi connectivity index (χ4v) is 3.29. The van der Waals surface area contributed by atoms with Crippen LogP contribution in [-0.2, 0) is 19.4 Å². The lowest BCUT2D eigenvalue weighted by Gasteiger charge is -2.10. The third-order valence-corrected chi connectivity index (χ3v) is 4.01. The van der Waals surface area contributed by atoms with Crippen LogP contribution in [0.5, 0.6) is 5.75 Å². The molecular formula is C16H19BrN2O. The maximum Gasteiger partial charge on any atom is 0.127 e. The number of hydrogen-bond acceptors (Lipinski definition) is 2. The summed E-state index contributed by atoms with van der Waals surface area (Å²) in [6, 6.07) is 6.64. The summed E-state index contributed by atoms with van der Waals surface area (Å²) in [5.74, 6) is 1.07. The molecule has 1 aliphatic heterocycles. The van der Waals surface area contributed by atoms with Gasteiger partial charge in [-0.15, -0.1) is 0 Å². The Labute approximate surface area is 127 Å². The van der Waals surface area contributed by atoms with Crippen LogP contribution in [0.4, 0.5) is 0 Å². The van der Waals surface area contributed by atoms with Crippen LogP contribution in [0.15, 0.2) is 35.1 Å². The van der Waals surface area contributed by atoms with Crippen molar-refractivity contribution in [3.63, 3.8) is 0 Å². The van der Waals surface area contributed by atoms with E-state index in [4.69, 9.17) is 10.5 Å². The molecule has 1 aliphatic rings. The number of ether oxygens (including phenoxy) is 1. The van der Waals surface area contributed by atoms with Gasteiger partial charge in [0, 0.05) is 34.9 Å². The zero-order valence-electron chi connectivity index (χ0n) is 11.6. The van der Waals surface area contributed by atoms with Gasteiger partial charge in [0.1, 0.15) is 5.75 Å². The normalized spacial score (nSPS) is 14.9. The van der Waals surface area contributed by atoms with E-state index >= 15 is 0 Å². The van der Waals surface area contributed by atoms with Crippen LogP contribution in [0, 0.1) is 0 Å². The Morgan fingerprint density at radius 1 is 1.45 bits per heavy atom. The van der Waals surface area contributed by atoms with Gasteiger partial charge in [-0.1, -0.05) is 15.9 Å². The molecule has 0 amide bonds. The minimum absolute atomic E-state index is 0.198. The molecule has 0 aliphatic carbocycles. The summed E-state index contributed by atoms with van der Waals surface area (Å²) in [5, 5.41) is 0. The second kappa shape index (κ2) is 5.62. The highest BCUT2D eigenvalue weighted by atomic mass is 79.9. The van der Waals surface area contributed by atoms with E-state index in [1.807, 2.05) is 6.92 Å². The molecule has 3 rings (SSSR count). The second-order valence-electron chi connectivity index (χ2n) is 5.53. The van der Waals surface area contributed by atoms with Crippen molar-refractivity contribution >= 4 is 15.9 Å². The van der Waals surface area contributed by atoms with Crippen LogP contribution < -0.4 is 10.5 Å². The van der Waals surface area contributed by atoms with Crippen LogP contribution in [0.1, 0.15) is 23.6 Å². The first-order chi connectivity index (χ1) is 9.61. The summed E-state index contributed by atoms with van der Waals surface area (Å²) in [5.41, 5.74) is 9.66. The lowest BCUT2D eigenvalue weighted by Crippen LogP contribution is -2.17. The van der Waals surface area contributed by atoms with Crippen LogP contribution in [0.25, 0.3) is 0 Å². The lowest BCUT2D eigenvalue weighted by molar-refractivity contribution is 0.352. The van der Waals surface area contributed by atoms with Crippen molar-refractivity contribution in [2.24, 2.45) is 5.73 Å². The molecule has 4 heteroatoms. The molecule has 0 fully saturated rings. The van der Waals surface area contributed by atoms with Gasteiger partial charge in [0.05, 0.1) is 13.2 Å². The van der Waals surface area contributed by atoms with Crippen molar-refractivity contribution in [2.45, 2.75) is 32.4 Å². The minimum Gasteiger partial charge on any atom is -0.493 e. The summed E-state index contributed by atoms with van der Waals surface area (Å²) < 4.78 is 9.09. The minimum atomic E-state index is 0.198. The Hall–Kier alpha value is -1.26. The Bertz CT molecular complexity index is 619. The summed E-state index contributed by atoms with van der Waals surface area (Å²) >= 11 is 3.59. The van der Waals surface area contributed by atoms with Crippen molar-refractivity contribution < 1.29 is 4.74 Å². The van der Waals surface area contributed by atoms with Gasteiger partial charge in [0.15, 0.2) is 0 Å². The molecule has 0 saturated heterocycles. The van der Waals surface area contributed by atoms with Crippen LogP contribution in [0.3, 0.4) is 0 Å². The second-order valence-corrected chi connectivity index (χ2v) is 6.44. The molecule has 106 valence electrons. The monoisotopic (exact) mass is 334 g/mol. The number of fused-ring (bicyclic) bond motifs is 1. The third kappa shape index (κ3) is 2.91. The Morgan fingerprint density at radius 2 is 2.30 bits per heavy atom. The third-order valence-electron chi connectivity index (χ3n) is 3.55. The molecule has 3 nitrogen and oxygen atoms in total. The van der Waals surface area contributed by atoms with E-state index in [1.54, 1.807) is 0 Å². The smallest absolute Gasteiger partial charge is 0.127 e. The van der Waals surface area contributed by atoms with Crippen molar-refractivity contribution in [1.82, 2.24) is 4.57 Å². The highest BCUT2D eigenvalue weighted by molar-refractivity contribution is 9.10. The number of rotatable bonds is 4. The summed E-state index contributed by atoms with van der Waals surface area (Å²) in [4.78, 5) is 0. The van der Waals surface area contributed by atoms with Gasteiger partial charge in [-0.05, 0) is 42.7 Å². The van der Waals surface area contributed by atoms with Crippen LogP contribution >= 0.6 is 15.9 Å². The Balaban J connectivity index is 1.83. The van der Waals surface area contributed by atoms with Gasteiger partial charge in [0.2, 0.25) is 0 Å². The number of aromatic nitrogens is 1. The molecule has 0 spiro atoms. The summed E-state index contributed by atoms with van der Waals surface area (Å²) in [6.07, 6.45) is 6.20. The molecule has 0 bridgehead atoms. The molecule has 1 atom stereocenters. The van der Waals surface area contributed by atoms with E-state index in [0.29, 0.717) is 0 Å². The van der Waals surface area contributed by atoms with Crippen molar-refractivity contribution in [3.05, 3.63) is 51.8 Å². The average Bonchev–Trinajstić information content (AvgIpc) is 2.97. The van der Waals surface area contributed by atoms with E-state index in [2.05, 4.69) is 51.1 Å². The summed E-state index contributed by atoms with van der Waals surface area (Å²) in [6.45, 7) is 3.66. The maximum absolute atomic E-state index is 5.84. The molecule has 1 aromatic carbocycles. The Kier molecular flexibility index (Phi) is 3.85. The molecule has 2 aromatic rings. The molecule has 20 heavy (non-hydrogen) atoms. The lowest BCUT2D eigenvalue weighted by atomic mass is 10.1. The SMILES string of the molecule is CC(N)Cc1ccn(Cc2cc(Br)cc3c2OCC3)c1. The van der Waals surface area contributed by atoms with Gasteiger partial charge < -0.3 is 15.0 Å². The summed E-state index contributed by atoms with van der Waals surface area (Å²) in [7, 11) is 0. The topological polar surface area (TPSA) is 40.2 Å². The molecule has 2 heterocycles. The molecule has 1 unspecified atom stereocenters. The van der Waals surface area contributed by atoms with Gasteiger partial charge in [-0.25, -0.2) is 0 Å². The zero-order valence-corrected chi connectivity index (χ0v) is 13.2. The van der Waals surface area contributed by atoms with Gasteiger partial charge >= 0.3 is 0 Å². The number of hydrogen-bond donors (Lipinski definition) is 1. The average molecular weight is 335 g/mol. The predicted octanol–water partition coefficient (Wildman–Crippen LogP) is 3.12. The molecule has 0 saturated carbocycles. The molecule has 1 aromatic heterocycles. The van der Waals surface area contributed by atoms with Gasteiger partial charge in [-0.3, -0.25) is 0 Å². The predicted molar refractivity (Wildman–Crippen MR) is 84.2 cm³/mol. The molecular weight excluding hydrogens is 316 g/mol. The quantitative estimate of drug-likeness (QED) is 0.933. The van der Waals surface area contributed by atoms with E-state index in [9.17, 15) is 0 Å². The number of halogens is 1. The van der Waals surface area contributed by atoms with Crippen LogP contribution in [-0.4, -0.2) is 17.2 Å². The fourth-order valence-electron chi connectivity index (χ4n) is 2.74. The number of nitrogens with two attached hydrogens (primary N) is 1. The molecule has 2 N–H and O–H groups in total. The standard InChI is InChI=1S/C16H19BrN2O/c1-11(18)6-12-2-4-19(9-12)10-14-8-15(17)7-13-3-5-20-16(13)14/h2,4,7-9,11H,3,5-6,10,18H2,1H3. The van der Waals surface area contributed by atoms with Gasteiger partial charge in [0.25, 0.3) is 0 Å². The van der Waals surface area contributed by atoms with E-state index in [1.165, 1.54) is 16.7 Å². The number of nitrogens with zero attached hydrogens (tertiary/aromatic N) is 1. The first kappa shape index (κ1) is 13.7. The number of benzene rings is 1. The van der Waals surface area contributed by atoms with Crippen molar-refractivity contribution in [2.75, 3.05) is 6.61 Å². The van der Waals surface area contributed by atoms with E-state index < -0.39 is 0 Å². The first-order valence-corrected chi connectivity index (χ1v) is 7.75. The molecule has 0 radical (unpaired) electrons. The largest absolute Gasteiger partial charge is 0.493 e. The van der Waals surface area contributed by atoms with Crippen molar-refractivity contribution in [1.29, 1.82) is 0 Å². The van der Waals surface area contributed by atoms with Crippen molar-refractivity contribution in [3.8, 4) is 5.75 Å². The first-order valence-electron chi connectivity index (χ1n) is 6.96. The zero-order chi connectivity index (χ0) is 14.1. The highest BCUT2D eigenvalue weighted by Gasteiger charge is 2.17. The maximum atomic E-state index is 5.84. The van der Waals surface area contributed by atoms with E-state index in [0.717, 1.165) is 36.2 Å². The van der Waals surface area contributed by atoms with Crippen LogP contribution in [0.2, 0.25) is 0 Å². The Morgan fingerprint density at radius 3 is 3.10 bits per heavy atom. The fraction of sp³-hybridized carbons (Fsp3) is 0.375.